The highest BCUT2D eigenvalue weighted by Crippen LogP contribution is 2.24. The molecule has 2 heterocycles. The molecular formula is C14H15N3O. The second-order valence-electron chi connectivity index (χ2n) is 4.41. The van der Waals surface area contributed by atoms with Crippen LogP contribution in [0.5, 0.6) is 0 Å². The summed E-state index contributed by atoms with van der Waals surface area (Å²) >= 11 is 0. The molecule has 1 aliphatic heterocycles. The fourth-order valence-corrected chi connectivity index (χ4v) is 2.35. The van der Waals surface area contributed by atoms with E-state index in [0.717, 1.165) is 30.8 Å². The van der Waals surface area contributed by atoms with Crippen LogP contribution in [0, 0.1) is 0 Å². The zero-order chi connectivity index (χ0) is 12.5. The molecule has 4 nitrogen and oxygen atoms in total. The van der Waals surface area contributed by atoms with Gasteiger partial charge in [-0.3, -0.25) is 4.79 Å². The highest BCUT2D eigenvalue weighted by molar-refractivity contribution is 6.07. The summed E-state index contributed by atoms with van der Waals surface area (Å²) in [7, 11) is 0. The first-order valence-electron chi connectivity index (χ1n) is 6.22. The number of carbonyl (C=O) groups is 1. The normalized spacial score (nSPS) is 13.2. The molecule has 0 bridgehead atoms. The molecule has 1 N–H and O–H groups in total. The molecule has 2 aromatic rings. The van der Waals surface area contributed by atoms with Gasteiger partial charge in [0.05, 0.1) is 0 Å². The number of nitrogens with zero attached hydrogens (tertiary/aromatic N) is 2. The van der Waals surface area contributed by atoms with E-state index >= 15 is 0 Å². The van der Waals surface area contributed by atoms with Gasteiger partial charge in [0, 0.05) is 36.7 Å². The quantitative estimate of drug-likeness (QED) is 0.837. The van der Waals surface area contributed by atoms with Gasteiger partial charge in [0.25, 0.3) is 0 Å². The fraction of sp³-hybridized carbons (Fsp3) is 0.286. The summed E-state index contributed by atoms with van der Waals surface area (Å²) in [6, 6.07) is 5.83. The molecule has 0 spiro atoms. The minimum absolute atomic E-state index is 0.00319. The summed E-state index contributed by atoms with van der Waals surface area (Å²) in [5.41, 5.74) is 3.08. The summed E-state index contributed by atoms with van der Waals surface area (Å²) in [6.07, 6.45) is 4.49. The maximum atomic E-state index is 12.4. The molecule has 18 heavy (non-hydrogen) atoms. The molecule has 1 aromatic carbocycles. The van der Waals surface area contributed by atoms with E-state index in [1.54, 1.807) is 6.20 Å². The molecule has 0 aliphatic carbocycles. The molecule has 0 saturated heterocycles. The second kappa shape index (κ2) is 4.29. The van der Waals surface area contributed by atoms with Crippen LogP contribution in [0.3, 0.4) is 0 Å². The molecule has 92 valence electrons. The van der Waals surface area contributed by atoms with Gasteiger partial charge in [0.1, 0.15) is 0 Å². The lowest BCUT2D eigenvalue weighted by atomic mass is 10.0. The first kappa shape index (κ1) is 11.0. The Kier molecular flexibility index (Phi) is 2.63. The summed E-state index contributed by atoms with van der Waals surface area (Å²) in [5.74, 6) is 0.514. The number of ketones is 1. The van der Waals surface area contributed by atoms with Gasteiger partial charge < -0.3 is 9.88 Å². The summed E-state index contributed by atoms with van der Waals surface area (Å²) in [6.45, 7) is 3.72. The molecule has 1 aromatic heterocycles. The number of aromatic nitrogens is 2. The lowest BCUT2D eigenvalue weighted by Crippen LogP contribution is -2.10. The average Bonchev–Trinajstić information content (AvgIpc) is 3.05. The molecule has 0 amide bonds. The third-order valence-electron chi connectivity index (χ3n) is 3.34. The minimum atomic E-state index is -0.00319. The monoisotopic (exact) mass is 241 g/mol. The Hall–Kier alpha value is -2.10. The Morgan fingerprint density at radius 2 is 2.39 bits per heavy atom. The highest BCUT2D eigenvalue weighted by atomic mass is 16.1. The Morgan fingerprint density at radius 3 is 3.22 bits per heavy atom. The van der Waals surface area contributed by atoms with Gasteiger partial charge >= 0.3 is 0 Å². The zero-order valence-electron chi connectivity index (χ0n) is 10.3. The van der Waals surface area contributed by atoms with Crippen LogP contribution in [0.1, 0.15) is 28.7 Å². The van der Waals surface area contributed by atoms with Crippen LogP contribution < -0.4 is 5.32 Å². The van der Waals surface area contributed by atoms with Crippen LogP contribution in [-0.2, 0) is 13.0 Å². The number of hydrogen-bond acceptors (Lipinski definition) is 3. The summed E-state index contributed by atoms with van der Waals surface area (Å²) < 4.78 is 1.87. The van der Waals surface area contributed by atoms with Gasteiger partial charge in [-0.1, -0.05) is 0 Å². The molecule has 0 atom stereocenters. The van der Waals surface area contributed by atoms with E-state index in [0.29, 0.717) is 5.82 Å². The van der Waals surface area contributed by atoms with Gasteiger partial charge in [-0.2, -0.15) is 0 Å². The van der Waals surface area contributed by atoms with E-state index in [-0.39, 0.29) is 5.78 Å². The standard InChI is InChI=1S/C14H15N3O/c1-2-17-8-7-16-14(17)13(18)11-3-4-12-10(9-11)5-6-15-12/h3-4,7-9,15H,2,5-6H2,1H3. The van der Waals surface area contributed by atoms with Crippen LogP contribution in [0.4, 0.5) is 5.69 Å². The SMILES string of the molecule is CCn1ccnc1C(=O)c1ccc2c(c1)CCN2. The van der Waals surface area contributed by atoms with E-state index in [4.69, 9.17) is 0 Å². The Bertz CT molecular complexity index is 601. The molecule has 1 aliphatic rings. The third kappa shape index (κ3) is 1.70. The van der Waals surface area contributed by atoms with Gasteiger partial charge in [-0.25, -0.2) is 4.98 Å². The molecule has 4 heteroatoms. The topological polar surface area (TPSA) is 46.9 Å². The molecule has 0 saturated carbocycles. The predicted octanol–water partition coefficient (Wildman–Crippen LogP) is 2.10. The highest BCUT2D eigenvalue weighted by Gasteiger charge is 2.17. The van der Waals surface area contributed by atoms with E-state index in [2.05, 4.69) is 10.3 Å². The van der Waals surface area contributed by atoms with Crippen molar-refractivity contribution < 1.29 is 4.79 Å². The number of fused-ring (bicyclic) bond motifs is 1. The Balaban J connectivity index is 1.98. The van der Waals surface area contributed by atoms with Crippen molar-refractivity contribution in [3.63, 3.8) is 0 Å². The maximum Gasteiger partial charge on any atom is 0.228 e. The van der Waals surface area contributed by atoms with Crippen molar-refractivity contribution in [2.24, 2.45) is 0 Å². The van der Waals surface area contributed by atoms with Crippen molar-refractivity contribution in [2.45, 2.75) is 19.9 Å². The lowest BCUT2D eigenvalue weighted by Gasteiger charge is -2.05. The first-order chi connectivity index (χ1) is 8.79. The van der Waals surface area contributed by atoms with Gasteiger partial charge in [0.2, 0.25) is 5.78 Å². The summed E-state index contributed by atoms with van der Waals surface area (Å²) in [5, 5.41) is 3.29. The van der Waals surface area contributed by atoms with Crippen molar-refractivity contribution in [3.8, 4) is 0 Å². The van der Waals surface area contributed by atoms with Gasteiger partial charge in [0.15, 0.2) is 5.82 Å². The van der Waals surface area contributed by atoms with Crippen molar-refractivity contribution in [3.05, 3.63) is 47.5 Å². The van der Waals surface area contributed by atoms with Crippen molar-refractivity contribution >= 4 is 11.5 Å². The first-order valence-corrected chi connectivity index (χ1v) is 6.22. The van der Waals surface area contributed by atoms with Gasteiger partial charge in [-0.05, 0) is 37.1 Å². The van der Waals surface area contributed by atoms with Crippen LogP contribution in [-0.4, -0.2) is 21.9 Å². The summed E-state index contributed by atoms with van der Waals surface area (Å²) in [4.78, 5) is 16.5. The fourth-order valence-electron chi connectivity index (χ4n) is 2.35. The largest absolute Gasteiger partial charge is 0.384 e. The minimum Gasteiger partial charge on any atom is -0.384 e. The van der Waals surface area contributed by atoms with E-state index in [9.17, 15) is 4.79 Å². The number of imidazole rings is 1. The number of anilines is 1. The number of carbonyl (C=O) groups excluding carboxylic acids is 1. The van der Waals surface area contributed by atoms with Crippen LogP contribution in [0.15, 0.2) is 30.6 Å². The van der Waals surface area contributed by atoms with Crippen molar-refractivity contribution in [2.75, 3.05) is 11.9 Å². The molecule has 0 radical (unpaired) electrons. The van der Waals surface area contributed by atoms with Crippen LogP contribution >= 0.6 is 0 Å². The van der Waals surface area contributed by atoms with E-state index in [1.165, 1.54) is 5.56 Å². The molecular weight excluding hydrogens is 226 g/mol. The Labute approximate surface area is 106 Å². The second-order valence-corrected chi connectivity index (χ2v) is 4.41. The average molecular weight is 241 g/mol. The van der Waals surface area contributed by atoms with Crippen molar-refractivity contribution in [1.82, 2.24) is 9.55 Å². The smallest absolute Gasteiger partial charge is 0.228 e. The molecule has 0 unspecified atom stereocenters. The van der Waals surface area contributed by atoms with Gasteiger partial charge in [-0.15, -0.1) is 0 Å². The maximum absolute atomic E-state index is 12.4. The number of nitrogens with one attached hydrogen (secondary N) is 1. The Morgan fingerprint density at radius 1 is 1.50 bits per heavy atom. The lowest BCUT2D eigenvalue weighted by molar-refractivity contribution is 0.102. The molecule has 0 fully saturated rings. The number of rotatable bonds is 3. The number of benzene rings is 1. The number of hydrogen-bond donors (Lipinski definition) is 1. The van der Waals surface area contributed by atoms with Crippen molar-refractivity contribution in [1.29, 1.82) is 0 Å². The van der Waals surface area contributed by atoms with Crippen LogP contribution in [0.2, 0.25) is 0 Å². The zero-order valence-corrected chi connectivity index (χ0v) is 10.3. The third-order valence-corrected chi connectivity index (χ3v) is 3.34. The van der Waals surface area contributed by atoms with E-state index < -0.39 is 0 Å². The van der Waals surface area contributed by atoms with E-state index in [1.807, 2.05) is 35.9 Å². The predicted molar refractivity (Wildman–Crippen MR) is 70.0 cm³/mol. The van der Waals surface area contributed by atoms with Crippen LogP contribution in [0.25, 0.3) is 0 Å². The molecule has 3 rings (SSSR count). The number of aryl methyl sites for hydroxylation is 1.